The number of hydrogen-bond acceptors (Lipinski definition) is 4. The van der Waals surface area contributed by atoms with E-state index in [9.17, 15) is 0 Å². The van der Waals surface area contributed by atoms with Gasteiger partial charge in [-0.15, -0.1) is 0 Å². The van der Waals surface area contributed by atoms with Gasteiger partial charge in [-0.05, 0) is 13.3 Å². The quantitative estimate of drug-likeness (QED) is 0.833. The number of nitrogens with zero attached hydrogens (tertiary/aromatic N) is 2. The summed E-state index contributed by atoms with van der Waals surface area (Å²) in [6.07, 6.45) is 1.06. The maximum absolute atomic E-state index is 5.17. The van der Waals surface area contributed by atoms with E-state index in [-0.39, 0.29) is 0 Å². The third kappa shape index (κ3) is 3.36. The van der Waals surface area contributed by atoms with Crippen LogP contribution in [0.2, 0.25) is 0 Å². The van der Waals surface area contributed by atoms with Gasteiger partial charge in [-0.2, -0.15) is 4.98 Å². The summed E-state index contributed by atoms with van der Waals surface area (Å²) in [4.78, 5) is 8.78. The van der Waals surface area contributed by atoms with E-state index in [0.717, 1.165) is 18.1 Å². The van der Waals surface area contributed by atoms with Crippen molar-refractivity contribution in [2.45, 2.75) is 46.1 Å². The van der Waals surface area contributed by atoms with Gasteiger partial charge in [-0.1, -0.05) is 20.8 Å². The average Bonchev–Trinajstić information content (AvgIpc) is 2.28. The monoisotopic (exact) mass is 223 g/mol. The molecular formula is C12H21N3O. The fourth-order valence-electron chi connectivity index (χ4n) is 1.23. The lowest BCUT2D eigenvalue weighted by molar-refractivity contribution is 0.394. The molecule has 16 heavy (non-hydrogen) atoms. The van der Waals surface area contributed by atoms with Crippen molar-refractivity contribution in [2.75, 3.05) is 12.4 Å². The van der Waals surface area contributed by atoms with Crippen LogP contribution in [0.1, 0.15) is 45.9 Å². The molecule has 4 nitrogen and oxygen atoms in total. The minimum atomic E-state index is 0.299. The average molecular weight is 223 g/mol. The maximum atomic E-state index is 5.17. The molecule has 0 aliphatic rings. The molecule has 1 rings (SSSR count). The fourth-order valence-corrected chi connectivity index (χ4v) is 1.23. The summed E-state index contributed by atoms with van der Waals surface area (Å²) >= 11 is 0. The highest BCUT2D eigenvalue weighted by molar-refractivity contribution is 5.39. The molecule has 0 amide bonds. The van der Waals surface area contributed by atoms with Crippen LogP contribution in [0.4, 0.5) is 5.82 Å². The van der Waals surface area contributed by atoms with Gasteiger partial charge in [0.15, 0.2) is 0 Å². The van der Waals surface area contributed by atoms with Crippen molar-refractivity contribution >= 4 is 5.82 Å². The van der Waals surface area contributed by atoms with E-state index in [0.29, 0.717) is 17.8 Å². The molecule has 4 heteroatoms. The molecular weight excluding hydrogens is 202 g/mol. The molecule has 1 heterocycles. The minimum Gasteiger partial charge on any atom is -0.481 e. The fraction of sp³-hybridized carbons (Fsp3) is 0.667. The van der Waals surface area contributed by atoms with Gasteiger partial charge in [0, 0.05) is 18.0 Å². The highest BCUT2D eigenvalue weighted by Gasteiger charge is 2.09. The van der Waals surface area contributed by atoms with E-state index in [1.165, 1.54) is 0 Å². The second kappa shape index (κ2) is 5.68. The second-order valence-corrected chi connectivity index (χ2v) is 4.26. The first-order chi connectivity index (χ1) is 7.56. The summed E-state index contributed by atoms with van der Waals surface area (Å²) in [5.74, 6) is 2.56. The molecule has 0 saturated heterocycles. The number of anilines is 1. The molecule has 0 radical (unpaired) electrons. The standard InChI is InChI=1S/C12H21N3O/c1-6-9(4)13-10-7-11(16-5)15-12(14-10)8(2)3/h7-9H,6H2,1-5H3,(H,13,14,15). The van der Waals surface area contributed by atoms with E-state index >= 15 is 0 Å². The van der Waals surface area contributed by atoms with Gasteiger partial charge >= 0.3 is 0 Å². The number of aromatic nitrogens is 2. The van der Waals surface area contributed by atoms with Crippen LogP contribution in [0.3, 0.4) is 0 Å². The van der Waals surface area contributed by atoms with E-state index in [2.05, 4.69) is 43.0 Å². The van der Waals surface area contributed by atoms with E-state index in [4.69, 9.17) is 4.74 Å². The molecule has 0 saturated carbocycles. The van der Waals surface area contributed by atoms with Crippen LogP contribution >= 0.6 is 0 Å². The van der Waals surface area contributed by atoms with Crippen molar-refractivity contribution < 1.29 is 4.74 Å². The molecule has 90 valence electrons. The third-order valence-electron chi connectivity index (χ3n) is 2.45. The predicted octanol–water partition coefficient (Wildman–Crippen LogP) is 2.82. The Bertz CT molecular complexity index is 339. The minimum absolute atomic E-state index is 0.299. The van der Waals surface area contributed by atoms with E-state index in [1.807, 2.05) is 6.07 Å². The summed E-state index contributed by atoms with van der Waals surface area (Å²) < 4.78 is 5.17. The topological polar surface area (TPSA) is 47.0 Å². The van der Waals surface area contributed by atoms with Gasteiger partial charge in [0.1, 0.15) is 11.6 Å². The Labute approximate surface area is 97.5 Å². The SMILES string of the molecule is CCC(C)Nc1cc(OC)nc(C(C)C)n1. The Balaban J connectivity index is 2.95. The van der Waals surface area contributed by atoms with Crippen molar-refractivity contribution in [3.05, 3.63) is 11.9 Å². The van der Waals surface area contributed by atoms with Crippen molar-refractivity contribution in [1.29, 1.82) is 0 Å². The van der Waals surface area contributed by atoms with Gasteiger partial charge < -0.3 is 10.1 Å². The second-order valence-electron chi connectivity index (χ2n) is 4.26. The molecule has 1 aromatic heterocycles. The molecule has 1 unspecified atom stereocenters. The molecule has 1 N–H and O–H groups in total. The molecule has 0 bridgehead atoms. The summed E-state index contributed by atoms with van der Waals surface area (Å²) in [7, 11) is 1.62. The van der Waals surface area contributed by atoms with Gasteiger partial charge in [0.25, 0.3) is 0 Å². The molecule has 1 aromatic rings. The molecule has 0 fully saturated rings. The first-order valence-electron chi connectivity index (χ1n) is 5.76. The van der Waals surface area contributed by atoms with E-state index < -0.39 is 0 Å². The first-order valence-corrected chi connectivity index (χ1v) is 5.76. The van der Waals surface area contributed by atoms with Crippen LogP contribution in [0, 0.1) is 0 Å². The van der Waals surface area contributed by atoms with Crippen LogP contribution in [-0.4, -0.2) is 23.1 Å². The lowest BCUT2D eigenvalue weighted by atomic mass is 10.2. The van der Waals surface area contributed by atoms with Crippen molar-refractivity contribution in [3.63, 3.8) is 0 Å². The van der Waals surface area contributed by atoms with E-state index in [1.54, 1.807) is 7.11 Å². The maximum Gasteiger partial charge on any atom is 0.218 e. The van der Waals surface area contributed by atoms with Crippen LogP contribution in [-0.2, 0) is 0 Å². The molecule has 0 aliphatic heterocycles. The summed E-state index contributed by atoms with van der Waals surface area (Å²) in [5.41, 5.74) is 0. The molecule has 0 aliphatic carbocycles. The van der Waals surface area contributed by atoms with Crippen LogP contribution in [0.15, 0.2) is 6.07 Å². The smallest absolute Gasteiger partial charge is 0.218 e. The summed E-state index contributed by atoms with van der Waals surface area (Å²) in [6.45, 7) is 8.41. The Morgan fingerprint density at radius 3 is 2.50 bits per heavy atom. The van der Waals surface area contributed by atoms with Gasteiger partial charge in [-0.25, -0.2) is 4.98 Å². The Morgan fingerprint density at radius 1 is 1.31 bits per heavy atom. The van der Waals surface area contributed by atoms with Crippen molar-refractivity contribution in [2.24, 2.45) is 0 Å². The molecule has 1 atom stereocenters. The molecule has 0 spiro atoms. The highest BCUT2D eigenvalue weighted by atomic mass is 16.5. The predicted molar refractivity (Wildman–Crippen MR) is 66.0 cm³/mol. The Hall–Kier alpha value is -1.32. The normalized spacial score (nSPS) is 12.6. The van der Waals surface area contributed by atoms with Gasteiger partial charge in [-0.3, -0.25) is 0 Å². The van der Waals surface area contributed by atoms with Crippen LogP contribution < -0.4 is 10.1 Å². The Morgan fingerprint density at radius 2 is 2.00 bits per heavy atom. The first kappa shape index (κ1) is 12.7. The van der Waals surface area contributed by atoms with Crippen LogP contribution in [0.25, 0.3) is 0 Å². The zero-order valence-electron chi connectivity index (χ0n) is 10.7. The zero-order chi connectivity index (χ0) is 12.1. The Kier molecular flexibility index (Phi) is 4.52. The lowest BCUT2D eigenvalue weighted by Gasteiger charge is -2.14. The number of rotatable bonds is 5. The summed E-state index contributed by atoms with van der Waals surface area (Å²) in [6, 6.07) is 2.23. The van der Waals surface area contributed by atoms with Gasteiger partial charge in [0.2, 0.25) is 5.88 Å². The number of ether oxygens (including phenoxy) is 1. The number of methoxy groups -OCH3 is 1. The summed E-state index contributed by atoms with van der Waals surface area (Å²) in [5, 5.41) is 3.33. The number of hydrogen-bond donors (Lipinski definition) is 1. The van der Waals surface area contributed by atoms with Gasteiger partial charge in [0.05, 0.1) is 7.11 Å². The lowest BCUT2D eigenvalue weighted by Crippen LogP contribution is -2.15. The largest absolute Gasteiger partial charge is 0.481 e. The molecule has 0 aromatic carbocycles. The van der Waals surface area contributed by atoms with Crippen LogP contribution in [0.5, 0.6) is 5.88 Å². The van der Waals surface area contributed by atoms with Crippen molar-refractivity contribution in [3.8, 4) is 5.88 Å². The number of nitrogens with one attached hydrogen (secondary N) is 1. The van der Waals surface area contributed by atoms with Crippen molar-refractivity contribution in [1.82, 2.24) is 9.97 Å². The highest BCUT2D eigenvalue weighted by Crippen LogP contribution is 2.18. The zero-order valence-corrected chi connectivity index (χ0v) is 10.7. The third-order valence-corrected chi connectivity index (χ3v) is 2.45.